The van der Waals surface area contributed by atoms with Gasteiger partial charge in [-0.15, -0.1) is 0 Å². The smallest absolute Gasteiger partial charge is 0.170 e. The van der Waals surface area contributed by atoms with Crippen molar-refractivity contribution in [2.45, 2.75) is 32.7 Å². The van der Waals surface area contributed by atoms with Crippen LogP contribution in [0.25, 0.3) is 0 Å². The molecule has 1 atom stereocenters. The van der Waals surface area contributed by atoms with Gasteiger partial charge in [0.1, 0.15) is 5.75 Å². The first kappa shape index (κ1) is 19.6. The lowest BCUT2D eigenvalue weighted by Gasteiger charge is -2.29. The minimum atomic E-state index is 0.303. The number of thiocarbonyl (C=S) groups is 1. The Bertz CT molecular complexity index is 749. The van der Waals surface area contributed by atoms with Crippen LogP contribution in [0.3, 0.4) is 0 Å². The first-order chi connectivity index (χ1) is 13.0. The number of nitrogens with zero attached hydrogens (tertiary/aromatic N) is 1. The minimum Gasteiger partial charge on any atom is -0.497 e. The molecular formula is C22H29N3OS. The summed E-state index contributed by atoms with van der Waals surface area (Å²) < 4.78 is 5.30. The van der Waals surface area contributed by atoms with E-state index in [-0.39, 0.29) is 0 Å². The molecule has 0 radical (unpaired) electrons. The molecular weight excluding hydrogens is 354 g/mol. The van der Waals surface area contributed by atoms with E-state index >= 15 is 0 Å². The number of ether oxygens (including phenoxy) is 1. The van der Waals surface area contributed by atoms with E-state index < -0.39 is 0 Å². The maximum atomic E-state index is 5.54. The fourth-order valence-corrected chi connectivity index (χ4v) is 3.95. The summed E-state index contributed by atoms with van der Waals surface area (Å²) in [5.41, 5.74) is 4.79. The van der Waals surface area contributed by atoms with Gasteiger partial charge in [0.2, 0.25) is 0 Å². The number of nitrogens with one attached hydrogen (secondary N) is 2. The van der Waals surface area contributed by atoms with Gasteiger partial charge in [-0.05, 0) is 93.0 Å². The van der Waals surface area contributed by atoms with Crippen molar-refractivity contribution in [2.24, 2.45) is 0 Å². The molecule has 0 bridgehead atoms. The molecule has 0 spiro atoms. The van der Waals surface area contributed by atoms with E-state index in [1.807, 2.05) is 12.1 Å². The van der Waals surface area contributed by atoms with Gasteiger partial charge in [-0.2, -0.15) is 0 Å². The number of likely N-dealkylation sites (tertiary alicyclic amines) is 1. The number of methoxy groups -OCH3 is 1. The molecule has 144 valence electrons. The van der Waals surface area contributed by atoms with Crippen molar-refractivity contribution in [1.29, 1.82) is 0 Å². The van der Waals surface area contributed by atoms with Gasteiger partial charge in [-0.25, -0.2) is 0 Å². The minimum absolute atomic E-state index is 0.303. The van der Waals surface area contributed by atoms with E-state index in [4.69, 9.17) is 17.0 Å². The molecule has 0 aromatic heterocycles. The van der Waals surface area contributed by atoms with Crippen LogP contribution in [0.5, 0.6) is 5.75 Å². The summed E-state index contributed by atoms with van der Waals surface area (Å²) in [6.07, 6.45) is 2.52. The molecule has 27 heavy (non-hydrogen) atoms. The van der Waals surface area contributed by atoms with Gasteiger partial charge >= 0.3 is 0 Å². The Labute approximate surface area is 167 Å². The van der Waals surface area contributed by atoms with Gasteiger partial charge in [0.25, 0.3) is 0 Å². The summed E-state index contributed by atoms with van der Waals surface area (Å²) >= 11 is 5.54. The van der Waals surface area contributed by atoms with Crippen molar-refractivity contribution < 1.29 is 4.74 Å². The third kappa shape index (κ3) is 5.44. The van der Waals surface area contributed by atoms with Crippen molar-refractivity contribution in [2.75, 3.05) is 32.1 Å². The van der Waals surface area contributed by atoms with Crippen molar-refractivity contribution in [3.8, 4) is 5.75 Å². The molecule has 0 unspecified atom stereocenters. The van der Waals surface area contributed by atoms with Crippen LogP contribution in [0.15, 0.2) is 42.5 Å². The predicted octanol–water partition coefficient (Wildman–Crippen LogP) is 4.44. The summed E-state index contributed by atoms with van der Waals surface area (Å²) in [6.45, 7) is 7.25. The summed E-state index contributed by atoms with van der Waals surface area (Å²) in [4.78, 5) is 2.54. The monoisotopic (exact) mass is 383 g/mol. The Balaban J connectivity index is 1.65. The van der Waals surface area contributed by atoms with E-state index in [1.165, 1.54) is 29.5 Å². The van der Waals surface area contributed by atoms with Crippen molar-refractivity contribution in [1.82, 2.24) is 10.2 Å². The van der Waals surface area contributed by atoms with Crippen molar-refractivity contribution in [3.05, 3.63) is 59.2 Å². The summed E-state index contributed by atoms with van der Waals surface area (Å²) in [5.74, 6) is 0.888. The first-order valence-electron chi connectivity index (χ1n) is 9.56. The zero-order chi connectivity index (χ0) is 19.2. The SMILES string of the molecule is COc1ccc([C@H](CNC(=S)Nc2cc(C)cc(C)c2)N2CCCC2)cc1. The summed E-state index contributed by atoms with van der Waals surface area (Å²) in [7, 11) is 1.70. The lowest BCUT2D eigenvalue weighted by atomic mass is 10.1. The molecule has 0 aliphatic carbocycles. The van der Waals surface area contributed by atoms with E-state index in [9.17, 15) is 0 Å². The highest BCUT2D eigenvalue weighted by atomic mass is 32.1. The van der Waals surface area contributed by atoms with E-state index in [2.05, 4.69) is 59.7 Å². The highest BCUT2D eigenvalue weighted by molar-refractivity contribution is 7.80. The largest absolute Gasteiger partial charge is 0.497 e. The lowest BCUT2D eigenvalue weighted by Crippen LogP contribution is -2.38. The van der Waals surface area contributed by atoms with Crippen LogP contribution in [0.1, 0.15) is 35.6 Å². The topological polar surface area (TPSA) is 36.5 Å². The van der Waals surface area contributed by atoms with Crippen LogP contribution in [0.4, 0.5) is 5.69 Å². The molecule has 0 saturated carbocycles. The standard InChI is InChI=1S/C22H29N3OS/c1-16-12-17(2)14-19(13-16)24-22(27)23-15-21(25-10-4-5-11-25)18-6-8-20(26-3)9-7-18/h6-9,12-14,21H,4-5,10-11,15H2,1-3H3,(H2,23,24,27)/t21-/m0/s1. The molecule has 1 saturated heterocycles. The Kier molecular flexibility index (Phi) is 6.69. The van der Waals surface area contributed by atoms with Gasteiger partial charge in [-0.1, -0.05) is 18.2 Å². The molecule has 1 fully saturated rings. The van der Waals surface area contributed by atoms with Crippen LogP contribution in [-0.2, 0) is 0 Å². The molecule has 1 aliphatic rings. The van der Waals surface area contributed by atoms with Gasteiger partial charge in [-0.3, -0.25) is 4.90 Å². The molecule has 2 aromatic carbocycles. The number of aryl methyl sites for hydroxylation is 2. The van der Waals surface area contributed by atoms with Crippen LogP contribution in [0, 0.1) is 13.8 Å². The maximum Gasteiger partial charge on any atom is 0.170 e. The quantitative estimate of drug-likeness (QED) is 0.722. The van der Waals surface area contributed by atoms with Gasteiger partial charge in [0.05, 0.1) is 13.2 Å². The number of benzene rings is 2. The average Bonchev–Trinajstić information content (AvgIpc) is 3.16. The van der Waals surface area contributed by atoms with Gasteiger partial charge in [0.15, 0.2) is 5.11 Å². The Hall–Kier alpha value is -2.11. The molecule has 2 aromatic rings. The molecule has 2 N–H and O–H groups in total. The average molecular weight is 384 g/mol. The van der Waals surface area contributed by atoms with E-state index in [1.54, 1.807) is 7.11 Å². The predicted molar refractivity (Wildman–Crippen MR) is 117 cm³/mol. The summed E-state index contributed by atoms with van der Waals surface area (Å²) in [6, 6.07) is 15.1. The fourth-order valence-electron chi connectivity index (χ4n) is 3.75. The number of hydrogen-bond donors (Lipinski definition) is 2. The lowest BCUT2D eigenvalue weighted by molar-refractivity contribution is 0.246. The van der Waals surface area contributed by atoms with Crippen LogP contribution in [-0.4, -0.2) is 36.8 Å². The Morgan fingerprint density at radius 2 is 1.70 bits per heavy atom. The number of hydrogen-bond acceptors (Lipinski definition) is 3. The van der Waals surface area contributed by atoms with E-state index in [0.717, 1.165) is 31.1 Å². The maximum absolute atomic E-state index is 5.54. The number of anilines is 1. The molecule has 3 rings (SSSR count). The Morgan fingerprint density at radius 3 is 2.30 bits per heavy atom. The highest BCUT2D eigenvalue weighted by Crippen LogP contribution is 2.26. The molecule has 4 nitrogen and oxygen atoms in total. The fraction of sp³-hybridized carbons (Fsp3) is 0.409. The second-order valence-corrected chi connectivity index (χ2v) is 7.65. The number of rotatable bonds is 6. The zero-order valence-electron chi connectivity index (χ0n) is 16.4. The zero-order valence-corrected chi connectivity index (χ0v) is 17.2. The van der Waals surface area contributed by atoms with Crippen molar-refractivity contribution in [3.63, 3.8) is 0 Å². The van der Waals surface area contributed by atoms with Crippen LogP contribution >= 0.6 is 12.2 Å². The van der Waals surface area contributed by atoms with Gasteiger partial charge < -0.3 is 15.4 Å². The molecule has 0 amide bonds. The van der Waals surface area contributed by atoms with Crippen molar-refractivity contribution >= 4 is 23.0 Å². The summed E-state index contributed by atoms with van der Waals surface area (Å²) in [5, 5.41) is 7.41. The molecule has 5 heteroatoms. The molecule has 1 heterocycles. The Morgan fingerprint density at radius 1 is 1.07 bits per heavy atom. The third-order valence-corrected chi connectivity index (χ3v) is 5.26. The highest BCUT2D eigenvalue weighted by Gasteiger charge is 2.23. The van der Waals surface area contributed by atoms with Gasteiger partial charge in [0, 0.05) is 12.2 Å². The second-order valence-electron chi connectivity index (χ2n) is 7.24. The van der Waals surface area contributed by atoms with Crippen LogP contribution in [0.2, 0.25) is 0 Å². The second kappa shape index (κ2) is 9.20. The normalized spacial score (nSPS) is 15.4. The van der Waals surface area contributed by atoms with Crippen LogP contribution < -0.4 is 15.4 Å². The van der Waals surface area contributed by atoms with E-state index in [0.29, 0.717) is 11.2 Å². The molecule has 1 aliphatic heterocycles. The third-order valence-electron chi connectivity index (χ3n) is 5.02. The first-order valence-corrected chi connectivity index (χ1v) is 9.97.